The Labute approximate surface area is 131 Å². The molecule has 22 heavy (non-hydrogen) atoms. The van der Waals surface area contributed by atoms with Gasteiger partial charge in [-0.1, -0.05) is 30.3 Å². The number of pyridine rings is 1. The summed E-state index contributed by atoms with van der Waals surface area (Å²) in [6, 6.07) is 14.7. The second kappa shape index (κ2) is 6.46. The topological polar surface area (TPSA) is 51.4 Å². The number of rotatable bonds is 4. The highest BCUT2D eigenvalue weighted by atomic mass is 16.5. The molecule has 1 aromatic carbocycles. The van der Waals surface area contributed by atoms with Crippen molar-refractivity contribution in [2.75, 3.05) is 20.2 Å². The first-order valence-electron chi connectivity index (χ1n) is 7.70. The van der Waals surface area contributed by atoms with Crippen molar-refractivity contribution in [2.45, 2.75) is 25.4 Å². The van der Waals surface area contributed by atoms with Gasteiger partial charge < -0.3 is 10.5 Å². The average molecular weight is 297 g/mol. The summed E-state index contributed by atoms with van der Waals surface area (Å²) >= 11 is 0. The van der Waals surface area contributed by atoms with Gasteiger partial charge in [-0.15, -0.1) is 0 Å². The van der Waals surface area contributed by atoms with Crippen molar-refractivity contribution in [3.05, 3.63) is 59.4 Å². The number of aromatic nitrogens is 1. The Balaban J connectivity index is 1.71. The van der Waals surface area contributed by atoms with E-state index in [4.69, 9.17) is 10.5 Å². The molecule has 2 aromatic rings. The van der Waals surface area contributed by atoms with Gasteiger partial charge in [-0.2, -0.15) is 0 Å². The Hall–Kier alpha value is -1.91. The van der Waals surface area contributed by atoms with Crippen LogP contribution in [0.3, 0.4) is 0 Å². The van der Waals surface area contributed by atoms with Crippen molar-refractivity contribution in [3.63, 3.8) is 0 Å². The maximum Gasteiger partial charge on any atom is 0.122 e. The molecule has 0 bridgehead atoms. The lowest BCUT2D eigenvalue weighted by Crippen LogP contribution is -2.28. The van der Waals surface area contributed by atoms with Crippen LogP contribution in [0.4, 0.5) is 0 Å². The molecule has 0 saturated carbocycles. The van der Waals surface area contributed by atoms with Gasteiger partial charge in [0.15, 0.2) is 0 Å². The molecule has 0 radical (unpaired) electrons. The molecule has 1 fully saturated rings. The zero-order valence-corrected chi connectivity index (χ0v) is 13.2. The number of likely N-dealkylation sites (tertiary alicyclic amines) is 1. The van der Waals surface area contributed by atoms with Crippen molar-refractivity contribution in [2.24, 2.45) is 5.73 Å². The van der Waals surface area contributed by atoms with Gasteiger partial charge in [0.1, 0.15) is 5.75 Å². The maximum absolute atomic E-state index is 6.35. The van der Waals surface area contributed by atoms with Crippen molar-refractivity contribution < 1.29 is 4.74 Å². The standard InChI is InChI=1S/C18H23N3O/c1-13-8-16(22-2)9-15(20-13)10-21-11-17(18(19)12-21)14-6-4-3-5-7-14/h3-9,17-18H,10-12,19H2,1-2H3/t17-,18+/m0/s1. The Morgan fingerprint density at radius 1 is 1.23 bits per heavy atom. The average Bonchev–Trinajstić information content (AvgIpc) is 2.88. The van der Waals surface area contributed by atoms with E-state index in [0.29, 0.717) is 5.92 Å². The minimum Gasteiger partial charge on any atom is -0.497 e. The van der Waals surface area contributed by atoms with Gasteiger partial charge >= 0.3 is 0 Å². The van der Waals surface area contributed by atoms with E-state index in [0.717, 1.165) is 36.8 Å². The molecule has 2 heterocycles. The van der Waals surface area contributed by atoms with Crippen LogP contribution >= 0.6 is 0 Å². The monoisotopic (exact) mass is 297 g/mol. The third-order valence-electron chi connectivity index (χ3n) is 4.27. The minimum atomic E-state index is 0.175. The maximum atomic E-state index is 6.35. The van der Waals surface area contributed by atoms with Gasteiger partial charge in [-0.05, 0) is 12.5 Å². The van der Waals surface area contributed by atoms with Crippen LogP contribution in [0.5, 0.6) is 5.75 Å². The molecule has 0 aliphatic carbocycles. The zero-order chi connectivity index (χ0) is 15.5. The number of ether oxygens (including phenoxy) is 1. The Morgan fingerprint density at radius 2 is 2.00 bits per heavy atom. The number of hydrogen-bond donors (Lipinski definition) is 1. The van der Waals surface area contributed by atoms with Crippen LogP contribution in [0.25, 0.3) is 0 Å². The summed E-state index contributed by atoms with van der Waals surface area (Å²) in [4.78, 5) is 6.98. The van der Waals surface area contributed by atoms with Gasteiger partial charge in [0, 0.05) is 49.4 Å². The van der Waals surface area contributed by atoms with Crippen LogP contribution in [0.1, 0.15) is 22.9 Å². The lowest BCUT2D eigenvalue weighted by Gasteiger charge is -2.16. The quantitative estimate of drug-likeness (QED) is 0.941. The number of methoxy groups -OCH3 is 1. The van der Waals surface area contributed by atoms with E-state index in [1.54, 1.807) is 7.11 Å². The van der Waals surface area contributed by atoms with Crippen LogP contribution in [0, 0.1) is 6.92 Å². The fraction of sp³-hybridized carbons (Fsp3) is 0.389. The van der Waals surface area contributed by atoms with Crippen LogP contribution in [0.2, 0.25) is 0 Å². The Morgan fingerprint density at radius 3 is 2.73 bits per heavy atom. The molecule has 0 unspecified atom stereocenters. The first kappa shape index (κ1) is 15.0. The predicted octanol–water partition coefficient (Wildman–Crippen LogP) is 2.33. The van der Waals surface area contributed by atoms with Gasteiger partial charge in [0.2, 0.25) is 0 Å². The van der Waals surface area contributed by atoms with Crippen molar-refractivity contribution >= 4 is 0 Å². The smallest absolute Gasteiger partial charge is 0.122 e. The molecule has 1 aromatic heterocycles. The van der Waals surface area contributed by atoms with E-state index in [1.807, 2.05) is 25.1 Å². The summed E-state index contributed by atoms with van der Waals surface area (Å²) in [6.45, 7) is 4.68. The normalized spacial score (nSPS) is 22.0. The van der Waals surface area contributed by atoms with Gasteiger partial charge in [0.05, 0.1) is 12.8 Å². The molecule has 0 amide bonds. The summed E-state index contributed by atoms with van der Waals surface area (Å²) in [7, 11) is 1.69. The third-order valence-corrected chi connectivity index (χ3v) is 4.27. The molecule has 1 saturated heterocycles. The van der Waals surface area contributed by atoms with E-state index in [9.17, 15) is 0 Å². The highest BCUT2D eigenvalue weighted by Gasteiger charge is 2.31. The molecule has 4 heteroatoms. The third kappa shape index (κ3) is 3.29. The van der Waals surface area contributed by atoms with Gasteiger partial charge in [-0.25, -0.2) is 0 Å². The van der Waals surface area contributed by atoms with Crippen molar-refractivity contribution in [3.8, 4) is 5.75 Å². The first-order chi connectivity index (χ1) is 10.7. The highest BCUT2D eigenvalue weighted by molar-refractivity contribution is 5.27. The second-order valence-electron chi connectivity index (χ2n) is 6.01. The molecule has 1 aliphatic heterocycles. The van der Waals surface area contributed by atoms with Crippen LogP contribution in [-0.4, -0.2) is 36.1 Å². The van der Waals surface area contributed by atoms with E-state index in [-0.39, 0.29) is 6.04 Å². The van der Waals surface area contributed by atoms with E-state index >= 15 is 0 Å². The van der Waals surface area contributed by atoms with Crippen LogP contribution < -0.4 is 10.5 Å². The zero-order valence-electron chi connectivity index (χ0n) is 13.2. The molecule has 4 nitrogen and oxygen atoms in total. The highest BCUT2D eigenvalue weighted by Crippen LogP contribution is 2.27. The largest absolute Gasteiger partial charge is 0.497 e. The number of hydrogen-bond acceptors (Lipinski definition) is 4. The van der Waals surface area contributed by atoms with E-state index in [1.165, 1.54) is 5.56 Å². The molecule has 2 N–H and O–H groups in total. The fourth-order valence-electron chi connectivity index (χ4n) is 3.23. The minimum absolute atomic E-state index is 0.175. The Kier molecular flexibility index (Phi) is 4.41. The number of benzene rings is 1. The van der Waals surface area contributed by atoms with Crippen molar-refractivity contribution in [1.29, 1.82) is 0 Å². The fourth-order valence-corrected chi connectivity index (χ4v) is 3.23. The molecule has 2 atom stereocenters. The molecule has 3 rings (SSSR count). The molecular formula is C18H23N3O. The van der Waals surface area contributed by atoms with Gasteiger partial charge in [0.25, 0.3) is 0 Å². The lowest BCUT2D eigenvalue weighted by molar-refractivity contribution is 0.318. The van der Waals surface area contributed by atoms with Crippen LogP contribution in [-0.2, 0) is 6.54 Å². The number of nitrogens with zero attached hydrogens (tertiary/aromatic N) is 2. The second-order valence-corrected chi connectivity index (χ2v) is 6.01. The number of nitrogens with two attached hydrogens (primary N) is 1. The van der Waals surface area contributed by atoms with Crippen molar-refractivity contribution in [1.82, 2.24) is 9.88 Å². The predicted molar refractivity (Wildman–Crippen MR) is 88.0 cm³/mol. The number of aryl methyl sites for hydroxylation is 1. The molecule has 1 aliphatic rings. The molecular weight excluding hydrogens is 274 g/mol. The van der Waals surface area contributed by atoms with Gasteiger partial charge in [-0.3, -0.25) is 9.88 Å². The first-order valence-corrected chi connectivity index (χ1v) is 7.70. The summed E-state index contributed by atoms with van der Waals surface area (Å²) in [6.07, 6.45) is 0. The van der Waals surface area contributed by atoms with E-state index < -0.39 is 0 Å². The summed E-state index contributed by atoms with van der Waals surface area (Å²) in [5.41, 5.74) is 9.70. The van der Waals surface area contributed by atoms with Crippen LogP contribution in [0.15, 0.2) is 42.5 Å². The lowest BCUT2D eigenvalue weighted by atomic mass is 9.95. The molecule has 0 spiro atoms. The summed E-state index contributed by atoms with van der Waals surface area (Å²) in [5.74, 6) is 1.26. The SMILES string of the molecule is COc1cc(C)nc(CN2C[C@@H](N)[C@H](c3ccccc3)C2)c1. The summed E-state index contributed by atoms with van der Waals surface area (Å²) < 4.78 is 5.33. The molecule has 116 valence electrons. The van der Waals surface area contributed by atoms with E-state index in [2.05, 4.69) is 34.1 Å². The Bertz CT molecular complexity index is 629. The summed E-state index contributed by atoms with van der Waals surface area (Å²) in [5, 5.41) is 0.